The van der Waals surface area contributed by atoms with Gasteiger partial charge in [-0.25, -0.2) is 13.4 Å². The van der Waals surface area contributed by atoms with E-state index < -0.39 is 10.0 Å². The lowest BCUT2D eigenvalue weighted by Gasteiger charge is -2.16. The van der Waals surface area contributed by atoms with Gasteiger partial charge < -0.3 is 16.4 Å². The summed E-state index contributed by atoms with van der Waals surface area (Å²) in [5, 5.41) is 6.24. The first-order valence-electron chi connectivity index (χ1n) is 9.33. The van der Waals surface area contributed by atoms with E-state index in [1.807, 2.05) is 18.2 Å². The number of sulfonamides is 1. The van der Waals surface area contributed by atoms with Crippen molar-refractivity contribution in [1.29, 1.82) is 0 Å². The average molecular weight is 411 g/mol. The molecule has 29 heavy (non-hydrogen) atoms. The van der Waals surface area contributed by atoms with E-state index in [0.717, 1.165) is 18.5 Å². The number of nitrogens with one attached hydrogen (secondary N) is 2. The van der Waals surface area contributed by atoms with E-state index in [1.165, 1.54) is 4.31 Å². The number of hydrogen-bond donors (Lipinski definition) is 3. The Morgan fingerprint density at radius 1 is 0.931 bits per heavy atom. The van der Waals surface area contributed by atoms with Gasteiger partial charge in [0.2, 0.25) is 16.0 Å². The first-order valence-corrected chi connectivity index (χ1v) is 10.8. The van der Waals surface area contributed by atoms with Crippen LogP contribution in [0.4, 0.5) is 28.8 Å². The van der Waals surface area contributed by atoms with Gasteiger partial charge in [-0.1, -0.05) is 12.1 Å². The molecule has 1 aliphatic rings. The summed E-state index contributed by atoms with van der Waals surface area (Å²) in [6.07, 6.45) is 3.42. The predicted molar refractivity (Wildman–Crippen MR) is 114 cm³/mol. The van der Waals surface area contributed by atoms with Crippen LogP contribution < -0.4 is 16.4 Å². The molecule has 8 nitrogen and oxygen atoms in total. The van der Waals surface area contributed by atoms with Gasteiger partial charge in [-0.15, -0.1) is 0 Å². The van der Waals surface area contributed by atoms with E-state index in [1.54, 1.807) is 42.6 Å². The highest BCUT2D eigenvalue weighted by Gasteiger charge is 2.27. The minimum atomic E-state index is -3.48. The van der Waals surface area contributed by atoms with Crippen LogP contribution in [0.3, 0.4) is 0 Å². The minimum Gasteiger partial charge on any atom is -0.399 e. The molecule has 0 saturated carbocycles. The van der Waals surface area contributed by atoms with Crippen molar-refractivity contribution in [1.82, 2.24) is 14.3 Å². The molecular weight excluding hydrogens is 388 g/mol. The number of hydrogen-bond acceptors (Lipinski definition) is 7. The van der Waals surface area contributed by atoms with Crippen LogP contribution in [0.1, 0.15) is 12.8 Å². The highest BCUT2D eigenvalue weighted by atomic mass is 32.2. The smallest absolute Gasteiger partial charge is 0.243 e. The Morgan fingerprint density at radius 3 is 2.41 bits per heavy atom. The number of benzene rings is 2. The van der Waals surface area contributed by atoms with E-state index in [2.05, 4.69) is 20.6 Å². The van der Waals surface area contributed by atoms with Crippen molar-refractivity contribution in [3.8, 4) is 0 Å². The minimum absolute atomic E-state index is 0.262. The first-order chi connectivity index (χ1) is 14.0. The standard InChI is InChI=1S/C20H22N6O2S/c21-15-5-3-6-16(13-15)23-19-9-10-22-20(25-19)24-17-7-4-8-18(14-17)29(27,28)26-11-1-2-12-26/h3-10,13-14H,1-2,11-12,21H2,(H2,22,23,24,25). The van der Waals surface area contributed by atoms with E-state index >= 15 is 0 Å². The van der Waals surface area contributed by atoms with Gasteiger partial charge in [0.05, 0.1) is 4.90 Å². The second-order valence-electron chi connectivity index (χ2n) is 6.78. The lowest BCUT2D eigenvalue weighted by atomic mass is 10.3. The Balaban J connectivity index is 1.52. The summed E-state index contributed by atoms with van der Waals surface area (Å²) in [5.41, 5.74) is 7.87. The van der Waals surface area contributed by atoms with Crippen LogP contribution in [-0.4, -0.2) is 35.8 Å². The van der Waals surface area contributed by atoms with E-state index in [4.69, 9.17) is 5.73 Å². The molecule has 0 aliphatic carbocycles. The van der Waals surface area contributed by atoms with Crippen molar-refractivity contribution in [2.24, 2.45) is 0 Å². The summed E-state index contributed by atoms with van der Waals surface area (Å²) in [6, 6.07) is 15.8. The second kappa shape index (κ2) is 8.06. The van der Waals surface area contributed by atoms with Gasteiger partial charge >= 0.3 is 0 Å². The van der Waals surface area contributed by atoms with Crippen molar-refractivity contribution in [3.63, 3.8) is 0 Å². The van der Waals surface area contributed by atoms with E-state index in [9.17, 15) is 8.42 Å². The van der Waals surface area contributed by atoms with Crippen LogP contribution in [0, 0.1) is 0 Å². The lowest BCUT2D eigenvalue weighted by molar-refractivity contribution is 0.477. The van der Waals surface area contributed by atoms with Crippen molar-refractivity contribution in [2.75, 3.05) is 29.5 Å². The number of aromatic nitrogens is 2. The highest BCUT2D eigenvalue weighted by molar-refractivity contribution is 7.89. The van der Waals surface area contributed by atoms with Crippen molar-refractivity contribution in [2.45, 2.75) is 17.7 Å². The third-order valence-corrected chi connectivity index (χ3v) is 6.50. The maximum atomic E-state index is 12.8. The summed E-state index contributed by atoms with van der Waals surface area (Å²) >= 11 is 0. The van der Waals surface area contributed by atoms with E-state index in [-0.39, 0.29) is 4.90 Å². The number of nitrogens with two attached hydrogens (primary N) is 1. The predicted octanol–water partition coefficient (Wildman–Crippen LogP) is 3.33. The third kappa shape index (κ3) is 4.47. The monoisotopic (exact) mass is 410 g/mol. The molecule has 0 bridgehead atoms. The SMILES string of the molecule is Nc1cccc(Nc2ccnc(Nc3cccc(S(=O)(=O)N4CCCC4)c3)n2)c1. The van der Waals surface area contributed by atoms with Crippen LogP contribution in [0.15, 0.2) is 65.7 Å². The molecule has 1 fully saturated rings. The molecule has 0 amide bonds. The molecule has 4 rings (SSSR count). The number of nitrogen functional groups attached to an aromatic ring is 1. The Hall–Kier alpha value is -3.17. The fourth-order valence-electron chi connectivity index (χ4n) is 3.19. The summed E-state index contributed by atoms with van der Waals surface area (Å²) in [7, 11) is -3.48. The molecule has 0 radical (unpaired) electrons. The fraction of sp³-hybridized carbons (Fsp3) is 0.200. The molecule has 1 saturated heterocycles. The molecule has 0 atom stereocenters. The molecule has 0 spiro atoms. The average Bonchev–Trinajstić information content (AvgIpc) is 3.24. The molecule has 3 aromatic rings. The van der Waals surface area contributed by atoms with Crippen molar-refractivity contribution >= 4 is 38.9 Å². The molecule has 4 N–H and O–H groups in total. The zero-order chi connectivity index (χ0) is 20.3. The zero-order valence-corrected chi connectivity index (χ0v) is 16.6. The van der Waals surface area contributed by atoms with Gasteiger partial charge in [-0.3, -0.25) is 0 Å². The number of rotatable bonds is 6. The lowest BCUT2D eigenvalue weighted by Crippen LogP contribution is -2.27. The molecule has 150 valence electrons. The Morgan fingerprint density at radius 2 is 1.66 bits per heavy atom. The fourth-order valence-corrected chi connectivity index (χ4v) is 4.76. The zero-order valence-electron chi connectivity index (χ0n) is 15.7. The molecule has 1 aromatic heterocycles. The first kappa shape index (κ1) is 19.2. The van der Waals surface area contributed by atoms with E-state index in [0.29, 0.717) is 36.2 Å². The van der Waals surface area contributed by atoms with Gasteiger partial charge in [-0.05, 0) is 55.3 Å². The largest absolute Gasteiger partial charge is 0.399 e. The third-order valence-electron chi connectivity index (χ3n) is 4.61. The quantitative estimate of drug-likeness (QED) is 0.534. The summed E-state index contributed by atoms with van der Waals surface area (Å²) in [6.45, 7) is 1.14. The van der Waals surface area contributed by atoms with Crippen molar-refractivity contribution in [3.05, 3.63) is 60.8 Å². The van der Waals surface area contributed by atoms with Gasteiger partial charge in [0, 0.05) is 36.3 Å². The molecule has 2 aromatic carbocycles. The highest BCUT2D eigenvalue weighted by Crippen LogP contribution is 2.24. The Kier molecular flexibility index (Phi) is 5.32. The summed E-state index contributed by atoms with van der Waals surface area (Å²) in [5.74, 6) is 0.948. The molecule has 1 aliphatic heterocycles. The van der Waals surface area contributed by atoms with Crippen LogP contribution >= 0.6 is 0 Å². The maximum absolute atomic E-state index is 12.8. The van der Waals surface area contributed by atoms with Crippen molar-refractivity contribution < 1.29 is 8.42 Å². The summed E-state index contributed by atoms with van der Waals surface area (Å²) in [4.78, 5) is 8.91. The van der Waals surface area contributed by atoms with Gasteiger partial charge in [0.15, 0.2) is 0 Å². The van der Waals surface area contributed by atoms with Gasteiger partial charge in [0.25, 0.3) is 0 Å². The maximum Gasteiger partial charge on any atom is 0.243 e. The van der Waals surface area contributed by atoms with Gasteiger partial charge in [-0.2, -0.15) is 9.29 Å². The number of anilines is 5. The molecule has 0 unspecified atom stereocenters. The Labute approximate surface area is 169 Å². The molecule has 2 heterocycles. The van der Waals surface area contributed by atoms with Gasteiger partial charge in [0.1, 0.15) is 5.82 Å². The Bertz CT molecular complexity index is 1110. The van der Waals surface area contributed by atoms with Crippen LogP contribution in [0.2, 0.25) is 0 Å². The topological polar surface area (TPSA) is 113 Å². The normalized spacial score (nSPS) is 14.6. The van der Waals surface area contributed by atoms with Crippen LogP contribution in [0.5, 0.6) is 0 Å². The second-order valence-corrected chi connectivity index (χ2v) is 8.72. The van der Waals surface area contributed by atoms with Crippen LogP contribution in [-0.2, 0) is 10.0 Å². The molecule has 9 heteroatoms. The van der Waals surface area contributed by atoms with Crippen LogP contribution in [0.25, 0.3) is 0 Å². The molecular formula is C20H22N6O2S. The summed E-state index contributed by atoms with van der Waals surface area (Å²) < 4.78 is 27.1. The number of nitrogens with zero attached hydrogens (tertiary/aromatic N) is 3.